The van der Waals surface area contributed by atoms with Crippen LogP contribution in [0.2, 0.25) is 0 Å². The number of ether oxygens (including phenoxy) is 1. The summed E-state index contributed by atoms with van der Waals surface area (Å²) in [7, 11) is 0. The lowest BCUT2D eigenvalue weighted by Gasteiger charge is -2.30. The van der Waals surface area contributed by atoms with Gasteiger partial charge in [-0.2, -0.15) is 0 Å². The molecular weight excluding hydrogens is 358 g/mol. The highest BCUT2D eigenvalue weighted by atomic mass is 16.5. The fourth-order valence-electron chi connectivity index (χ4n) is 3.44. The van der Waals surface area contributed by atoms with Crippen molar-refractivity contribution < 1.29 is 4.74 Å². The molecule has 2 aromatic heterocycles. The molecule has 0 saturated carbocycles. The molecule has 28 heavy (non-hydrogen) atoms. The van der Waals surface area contributed by atoms with Gasteiger partial charge < -0.3 is 19.7 Å². The van der Waals surface area contributed by atoms with Gasteiger partial charge in [0, 0.05) is 25.2 Å². The molecule has 1 saturated heterocycles. The van der Waals surface area contributed by atoms with Crippen LogP contribution in [0.25, 0.3) is 12.7 Å². The summed E-state index contributed by atoms with van der Waals surface area (Å²) >= 11 is 0. The SMILES string of the molecule is C=c1[nH]c(=O)c(=Cc2nc(CCCN3CCO[C@H](C)C3)[nH]c2C(C)C)[nH]c1=O. The summed E-state index contributed by atoms with van der Waals surface area (Å²) in [5.41, 5.74) is 0.842. The Labute approximate surface area is 163 Å². The minimum absolute atomic E-state index is 0.0476. The van der Waals surface area contributed by atoms with Gasteiger partial charge in [0.05, 0.1) is 23.8 Å². The molecule has 1 fully saturated rings. The second-order valence-corrected chi connectivity index (χ2v) is 7.67. The first-order valence-electron chi connectivity index (χ1n) is 9.79. The van der Waals surface area contributed by atoms with E-state index in [1.807, 2.05) is 0 Å². The highest BCUT2D eigenvalue weighted by Gasteiger charge is 2.17. The third-order valence-electron chi connectivity index (χ3n) is 4.91. The van der Waals surface area contributed by atoms with Crippen molar-refractivity contribution in [2.24, 2.45) is 0 Å². The summed E-state index contributed by atoms with van der Waals surface area (Å²) in [6.45, 7) is 13.5. The van der Waals surface area contributed by atoms with E-state index in [-0.39, 0.29) is 28.3 Å². The Kier molecular flexibility index (Phi) is 6.31. The van der Waals surface area contributed by atoms with E-state index in [0.29, 0.717) is 5.69 Å². The molecule has 0 unspecified atom stereocenters. The Balaban J connectivity index is 1.78. The first-order valence-corrected chi connectivity index (χ1v) is 9.79. The summed E-state index contributed by atoms with van der Waals surface area (Å²) in [6, 6.07) is 0. The molecule has 0 bridgehead atoms. The van der Waals surface area contributed by atoms with Gasteiger partial charge in [0.25, 0.3) is 11.1 Å². The van der Waals surface area contributed by atoms with Crippen LogP contribution in [0, 0.1) is 0 Å². The van der Waals surface area contributed by atoms with Crippen LogP contribution in [0.4, 0.5) is 0 Å². The number of rotatable bonds is 6. The van der Waals surface area contributed by atoms with Gasteiger partial charge in [0.15, 0.2) is 0 Å². The van der Waals surface area contributed by atoms with Crippen LogP contribution in [0.3, 0.4) is 0 Å². The third kappa shape index (κ3) is 4.88. The maximum Gasteiger partial charge on any atom is 0.272 e. The van der Waals surface area contributed by atoms with E-state index in [4.69, 9.17) is 4.74 Å². The van der Waals surface area contributed by atoms with Crippen molar-refractivity contribution in [3.63, 3.8) is 0 Å². The minimum Gasteiger partial charge on any atom is -0.376 e. The fraction of sp³-hybridized carbons (Fsp3) is 0.550. The van der Waals surface area contributed by atoms with Crippen LogP contribution in [0.1, 0.15) is 50.3 Å². The van der Waals surface area contributed by atoms with E-state index >= 15 is 0 Å². The lowest BCUT2D eigenvalue weighted by molar-refractivity contribution is -0.0184. The molecule has 1 atom stereocenters. The van der Waals surface area contributed by atoms with Crippen molar-refractivity contribution in [1.82, 2.24) is 24.8 Å². The number of nitrogens with one attached hydrogen (secondary N) is 3. The molecule has 3 N–H and O–H groups in total. The van der Waals surface area contributed by atoms with E-state index in [2.05, 4.69) is 52.2 Å². The van der Waals surface area contributed by atoms with E-state index in [1.165, 1.54) is 0 Å². The van der Waals surface area contributed by atoms with E-state index in [0.717, 1.165) is 50.6 Å². The number of aromatic amines is 3. The first-order chi connectivity index (χ1) is 13.3. The topological polar surface area (TPSA) is 107 Å². The third-order valence-corrected chi connectivity index (χ3v) is 4.91. The second-order valence-electron chi connectivity index (χ2n) is 7.67. The van der Waals surface area contributed by atoms with Crippen LogP contribution in [-0.4, -0.2) is 57.2 Å². The number of H-pyrrole nitrogens is 3. The molecule has 2 aromatic rings. The molecule has 0 amide bonds. The monoisotopic (exact) mass is 387 g/mol. The minimum atomic E-state index is -0.410. The summed E-state index contributed by atoms with van der Waals surface area (Å²) in [5, 5.41) is 0.228. The number of aryl methyl sites for hydroxylation is 1. The maximum absolute atomic E-state index is 12.1. The van der Waals surface area contributed by atoms with Crippen LogP contribution in [0.5, 0.6) is 0 Å². The van der Waals surface area contributed by atoms with Crippen LogP contribution < -0.4 is 21.8 Å². The lowest BCUT2D eigenvalue weighted by Crippen LogP contribution is -2.46. The zero-order valence-corrected chi connectivity index (χ0v) is 16.8. The van der Waals surface area contributed by atoms with E-state index < -0.39 is 5.56 Å². The molecule has 1 aliphatic heterocycles. The van der Waals surface area contributed by atoms with E-state index in [1.54, 1.807) is 6.08 Å². The van der Waals surface area contributed by atoms with Crippen molar-refractivity contribution in [2.75, 3.05) is 26.2 Å². The van der Waals surface area contributed by atoms with Gasteiger partial charge in [0.1, 0.15) is 11.2 Å². The molecule has 8 nitrogen and oxygen atoms in total. The van der Waals surface area contributed by atoms with Gasteiger partial charge in [0.2, 0.25) is 0 Å². The van der Waals surface area contributed by atoms with Gasteiger partial charge in [-0.25, -0.2) is 4.98 Å². The lowest BCUT2D eigenvalue weighted by atomic mass is 10.1. The molecule has 3 rings (SSSR count). The van der Waals surface area contributed by atoms with Gasteiger partial charge in [-0.3, -0.25) is 14.5 Å². The highest BCUT2D eigenvalue weighted by molar-refractivity contribution is 5.47. The standard InChI is InChI=1S/C20H29N5O3/c1-12(2)18-15(10-16-20(27)21-14(4)19(26)23-16)22-17(24-18)6-5-7-25-8-9-28-13(3)11-25/h10,12-13H,4-9,11H2,1-3H3,(H,21,27)(H,22,24)(H,23,26)/t13-/m1/s1. The van der Waals surface area contributed by atoms with Crippen LogP contribution in [-0.2, 0) is 11.2 Å². The fourth-order valence-corrected chi connectivity index (χ4v) is 3.44. The van der Waals surface area contributed by atoms with Gasteiger partial charge in [-0.1, -0.05) is 20.4 Å². The molecule has 0 aromatic carbocycles. The maximum atomic E-state index is 12.1. The second kappa shape index (κ2) is 8.70. The number of hydrogen-bond donors (Lipinski definition) is 3. The van der Waals surface area contributed by atoms with Crippen molar-refractivity contribution in [1.29, 1.82) is 0 Å². The van der Waals surface area contributed by atoms with Crippen LogP contribution >= 0.6 is 0 Å². The molecule has 0 radical (unpaired) electrons. The summed E-state index contributed by atoms with van der Waals surface area (Å²) < 4.78 is 5.58. The number of nitrogens with zero attached hydrogens (tertiary/aromatic N) is 2. The van der Waals surface area contributed by atoms with Gasteiger partial charge in [-0.15, -0.1) is 0 Å². The summed E-state index contributed by atoms with van der Waals surface area (Å²) in [4.78, 5) is 39.4. The highest BCUT2D eigenvalue weighted by Crippen LogP contribution is 2.18. The molecule has 3 heterocycles. The number of aromatic nitrogens is 4. The number of imidazole rings is 1. The summed E-state index contributed by atoms with van der Waals surface area (Å²) in [6.07, 6.45) is 3.73. The average molecular weight is 387 g/mol. The Morgan fingerprint density at radius 2 is 2.07 bits per heavy atom. The summed E-state index contributed by atoms with van der Waals surface area (Å²) in [5.74, 6) is 1.11. The molecule has 0 aliphatic carbocycles. The van der Waals surface area contributed by atoms with E-state index in [9.17, 15) is 9.59 Å². The Hall–Kier alpha value is -2.45. The zero-order chi connectivity index (χ0) is 20.3. The molecule has 8 heteroatoms. The van der Waals surface area contributed by atoms with Crippen molar-refractivity contribution in [2.45, 2.75) is 45.6 Å². The quantitative estimate of drug-likeness (QED) is 0.637. The van der Waals surface area contributed by atoms with Gasteiger partial charge in [-0.05, 0) is 31.9 Å². The number of hydrogen-bond acceptors (Lipinski definition) is 5. The molecule has 152 valence electrons. The smallest absolute Gasteiger partial charge is 0.272 e. The number of morpholine rings is 1. The van der Waals surface area contributed by atoms with Crippen LogP contribution in [0.15, 0.2) is 9.59 Å². The Morgan fingerprint density at radius 3 is 2.79 bits per heavy atom. The average Bonchev–Trinajstić information content (AvgIpc) is 3.03. The van der Waals surface area contributed by atoms with Crippen molar-refractivity contribution in [3.05, 3.63) is 48.6 Å². The largest absolute Gasteiger partial charge is 0.376 e. The zero-order valence-electron chi connectivity index (χ0n) is 16.8. The van der Waals surface area contributed by atoms with Crippen molar-refractivity contribution in [3.8, 4) is 0 Å². The predicted molar refractivity (Wildman–Crippen MR) is 109 cm³/mol. The van der Waals surface area contributed by atoms with Gasteiger partial charge >= 0.3 is 0 Å². The van der Waals surface area contributed by atoms with Crippen molar-refractivity contribution >= 4 is 12.7 Å². The Morgan fingerprint density at radius 1 is 1.29 bits per heavy atom. The first kappa shape index (κ1) is 20.3. The normalized spacial score (nSPS) is 18.9. The molecule has 1 aliphatic rings. The predicted octanol–water partition coefficient (Wildman–Crippen LogP) is -0.198. The molecule has 0 spiro atoms. The molecular formula is C20H29N5O3. The Bertz CT molecular complexity index is 1030.